The van der Waals surface area contributed by atoms with Gasteiger partial charge in [-0.25, -0.2) is 4.79 Å². The number of aliphatic hydroxyl groups is 1. The first-order chi connectivity index (χ1) is 12.7. The molecule has 3 rings (SSSR count). The zero-order valence-electron chi connectivity index (χ0n) is 16.9. The summed E-state index contributed by atoms with van der Waals surface area (Å²) >= 11 is 0. The highest BCUT2D eigenvalue weighted by Crippen LogP contribution is 2.22. The van der Waals surface area contributed by atoms with Gasteiger partial charge in [0.2, 0.25) is 0 Å². The lowest BCUT2D eigenvalue weighted by Gasteiger charge is -2.41. The van der Waals surface area contributed by atoms with Crippen LogP contribution in [-0.4, -0.2) is 82.2 Å². The number of urea groups is 1. The summed E-state index contributed by atoms with van der Waals surface area (Å²) in [6.45, 7) is 12.6. The predicted molar refractivity (Wildman–Crippen MR) is 104 cm³/mol. The number of carbonyl (C=O) groups excluding carboxylic acids is 1. The summed E-state index contributed by atoms with van der Waals surface area (Å²) in [5, 5.41) is 9.95. The monoisotopic (exact) mass is 376 g/mol. The molecule has 1 N–H and O–H groups in total. The average molecular weight is 377 g/mol. The minimum absolute atomic E-state index is 0.00266. The van der Waals surface area contributed by atoms with E-state index in [-0.39, 0.29) is 12.1 Å². The molecule has 0 atom stereocenters. The van der Waals surface area contributed by atoms with Crippen LogP contribution in [0.4, 0.5) is 4.79 Å². The molecule has 1 aromatic heterocycles. The molecule has 0 bridgehead atoms. The minimum atomic E-state index is -0.962. The van der Waals surface area contributed by atoms with Crippen molar-refractivity contribution in [2.45, 2.75) is 51.9 Å². The molecule has 2 amide bonds. The Morgan fingerprint density at radius 1 is 1.19 bits per heavy atom. The first kappa shape index (κ1) is 19.9. The van der Waals surface area contributed by atoms with Gasteiger partial charge in [0.15, 0.2) is 0 Å². The van der Waals surface area contributed by atoms with Gasteiger partial charge in [0.05, 0.1) is 25.0 Å². The molecular formula is C20H32N4O3. The van der Waals surface area contributed by atoms with E-state index in [0.29, 0.717) is 30.6 Å². The number of hydrogen-bond donors (Lipinski definition) is 1. The van der Waals surface area contributed by atoms with E-state index in [1.54, 1.807) is 26.1 Å². The zero-order valence-corrected chi connectivity index (χ0v) is 16.9. The molecule has 150 valence electrons. The Balaban J connectivity index is 1.46. The molecule has 27 heavy (non-hydrogen) atoms. The molecular weight excluding hydrogens is 344 g/mol. The van der Waals surface area contributed by atoms with Crippen molar-refractivity contribution in [2.75, 3.05) is 39.3 Å². The molecule has 2 aliphatic rings. The summed E-state index contributed by atoms with van der Waals surface area (Å²) in [6, 6.07) is 4.24. The average Bonchev–Trinajstić information content (AvgIpc) is 2.83. The fourth-order valence-electron chi connectivity index (χ4n) is 3.52. The van der Waals surface area contributed by atoms with Crippen molar-refractivity contribution in [1.82, 2.24) is 19.7 Å². The number of pyridine rings is 1. The SMILES string of the molecule is CC(C)N1CCCN(C(=O)N2CC(Oc3ccc(C(C)(C)O)nc3)C2)CC1. The van der Waals surface area contributed by atoms with Gasteiger partial charge in [-0.05, 0) is 46.2 Å². The topological polar surface area (TPSA) is 69.1 Å². The number of carbonyl (C=O) groups is 1. The third-order valence-electron chi connectivity index (χ3n) is 5.32. The van der Waals surface area contributed by atoms with Gasteiger partial charge in [-0.1, -0.05) is 0 Å². The smallest absolute Gasteiger partial charge is 0.320 e. The Kier molecular flexibility index (Phi) is 5.91. The van der Waals surface area contributed by atoms with Crippen LogP contribution in [0.5, 0.6) is 5.75 Å². The van der Waals surface area contributed by atoms with Crippen LogP contribution in [0.25, 0.3) is 0 Å². The number of amides is 2. The molecule has 0 aliphatic carbocycles. The second-order valence-electron chi connectivity index (χ2n) is 8.34. The fraction of sp³-hybridized carbons (Fsp3) is 0.700. The van der Waals surface area contributed by atoms with Gasteiger partial charge in [0.25, 0.3) is 0 Å². The summed E-state index contributed by atoms with van der Waals surface area (Å²) in [5.74, 6) is 0.669. The second kappa shape index (κ2) is 8.02. The lowest BCUT2D eigenvalue weighted by molar-refractivity contribution is 0.0306. The van der Waals surface area contributed by atoms with E-state index in [1.807, 2.05) is 15.9 Å². The summed E-state index contributed by atoms with van der Waals surface area (Å²) in [4.78, 5) is 23.2. The van der Waals surface area contributed by atoms with Crippen LogP contribution in [0.2, 0.25) is 0 Å². The summed E-state index contributed by atoms with van der Waals surface area (Å²) in [6.07, 6.45) is 2.66. The van der Waals surface area contributed by atoms with Gasteiger partial charge in [-0.3, -0.25) is 9.88 Å². The second-order valence-corrected chi connectivity index (χ2v) is 8.34. The lowest BCUT2D eigenvalue weighted by Crippen LogP contribution is -2.60. The number of aromatic nitrogens is 1. The van der Waals surface area contributed by atoms with Crippen LogP contribution in [0.15, 0.2) is 18.3 Å². The van der Waals surface area contributed by atoms with E-state index in [9.17, 15) is 9.90 Å². The van der Waals surface area contributed by atoms with Crippen LogP contribution >= 0.6 is 0 Å². The van der Waals surface area contributed by atoms with Crippen molar-refractivity contribution in [2.24, 2.45) is 0 Å². The van der Waals surface area contributed by atoms with Crippen LogP contribution in [0.1, 0.15) is 39.8 Å². The Hall–Kier alpha value is -1.86. The Morgan fingerprint density at radius 2 is 1.93 bits per heavy atom. The maximum absolute atomic E-state index is 12.7. The fourth-order valence-corrected chi connectivity index (χ4v) is 3.52. The molecule has 2 saturated heterocycles. The molecule has 0 unspecified atom stereocenters. The molecule has 0 aromatic carbocycles. The van der Waals surface area contributed by atoms with Crippen molar-refractivity contribution >= 4 is 6.03 Å². The number of rotatable bonds is 4. The third kappa shape index (κ3) is 4.90. The van der Waals surface area contributed by atoms with Gasteiger partial charge in [0.1, 0.15) is 17.5 Å². The Morgan fingerprint density at radius 3 is 2.52 bits per heavy atom. The van der Waals surface area contributed by atoms with Crippen LogP contribution < -0.4 is 4.74 Å². The van der Waals surface area contributed by atoms with Gasteiger partial charge in [-0.2, -0.15) is 0 Å². The zero-order chi connectivity index (χ0) is 19.6. The molecule has 0 saturated carbocycles. The summed E-state index contributed by atoms with van der Waals surface area (Å²) < 4.78 is 5.89. The van der Waals surface area contributed by atoms with Gasteiger partial charge in [-0.15, -0.1) is 0 Å². The van der Waals surface area contributed by atoms with Crippen LogP contribution in [0.3, 0.4) is 0 Å². The lowest BCUT2D eigenvalue weighted by atomic mass is 10.1. The quantitative estimate of drug-likeness (QED) is 0.869. The number of ether oxygens (including phenoxy) is 1. The first-order valence-corrected chi connectivity index (χ1v) is 9.87. The molecule has 1 aromatic rings. The predicted octanol–water partition coefficient (Wildman–Crippen LogP) is 1.91. The molecule has 2 aliphatic heterocycles. The van der Waals surface area contributed by atoms with Crippen molar-refractivity contribution in [1.29, 1.82) is 0 Å². The molecule has 7 heteroatoms. The largest absolute Gasteiger partial charge is 0.485 e. The van der Waals surface area contributed by atoms with Crippen molar-refractivity contribution in [3.05, 3.63) is 24.0 Å². The summed E-state index contributed by atoms with van der Waals surface area (Å²) in [5.41, 5.74) is -0.354. The van der Waals surface area contributed by atoms with Gasteiger partial charge >= 0.3 is 6.03 Å². The standard InChI is InChI=1S/C20H32N4O3/c1-15(2)22-8-5-9-23(11-10-22)19(25)24-13-17(14-24)27-16-6-7-18(21-12-16)20(3,4)26/h6-7,12,15,17,26H,5,8-11,13-14H2,1-4H3. The van der Waals surface area contributed by atoms with E-state index in [4.69, 9.17) is 4.74 Å². The van der Waals surface area contributed by atoms with E-state index in [2.05, 4.69) is 23.7 Å². The Labute approximate surface area is 161 Å². The number of hydrogen-bond acceptors (Lipinski definition) is 5. The minimum Gasteiger partial charge on any atom is -0.485 e. The van der Waals surface area contributed by atoms with Crippen LogP contribution in [-0.2, 0) is 5.60 Å². The maximum atomic E-state index is 12.7. The number of nitrogens with zero attached hydrogens (tertiary/aromatic N) is 4. The highest BCUT2D eigenvalue weighted by atomic mass is 16.5. The molecule has 3 heterocycles. The van der Waals surface area contributed by atoms with Crippen molar-refractivity contribution in [3.8, 4) is 5.75 Å². The van der Waals surface area contributed by atoms with Crippen molar-refractivity contribution in [3.63, 3.8) is 0 Å². The molecule has 0 radical (unpaired) electrons. The summed E-state index contributed by atoms with van der Waals surface area (Å²) in [7, 11) is 0. The van der Waals surface area contributed by atoms with Crippen molar-refractivity contribution < 1.29 is 14.6 Å². The first-order valence-electron chi connectivity index (χ1n) is 9.87. The van der Waals surface area contributed by atoms with E-state index in [1.165, 1.54) is 0 Å². The van der Waals surface area contributed by atoms with E-state index in [0.717, 1.165) is 32.6 Å². The maximum Gasteiger partial charge on any atom is 0.320 e. The highest BCUT2D eigenvalue weighted by molar-refractivity contribution is 5.75. The van der Waals surface area contributed by atoms with E-state index < -0.39 is 5.60 Å². The normalized spacial score (nSPS) is 19.8. The Bertz CT molecular complexity index is 636. The molecule has 2 fully saturated rings. The third-order valence-corrected chi connectivity index (χ3v) is 5.32. The van der Waals surface area contributed by atoms with E-state index >= 15 is 0 Å². The molecule has 0 spiro atoms. The van der Waals surface area contributed by atoms with Crippen LogP contribution in [0, 0.1) is 0 Å². The molecule has 7 nitrogen and oxygen atoms in total. The van der Waals surface area contributed by atoms with Gasteiger partial charge in [0, 0.05) is 32.2 Å². The van der Waals surface area contributed by atoms with Gasteiger partial charge < -0.3 is 19.6 Å². The highest BCUT2D eigenvalue weighted by Gasteiger charge is 2.35. The number of likely N-dealkylation sites (tertiary alicyclic amines) is 1.